The second-order valence-electron chi connectivity index (χ2n) is 4.70. The maximum Gasteiger partial charge on any atom is 0.251 e. The number of amides is 2. The molecule has 3 aromatic rings. The lowest BCUT2D eigenvalue weighted by atomic mass is 10.2. The minimum absolute atomic E-state index is 0.170. The van der Waals surface area contributed by atoms with Gasteiger partial charge in [0.2, 0.25) is 5.91 Å². The van der Waals surface area contributed by atoms with Gasteiger partial charge in [0.15, 0.2) is 5.82 Å². The van der Waals surface area contributed by atoms with E-state index >= 15 is 0 Å². The Balaban J connectivity index is 1.57. The van der Waals surface area contributed by atoms with E-state index in [1.165, 1.54) is 23.7 Å². The highest BCUT2D eigenvalue weighted by atomic mass is 16.2. The first-order valence-corrected chi connectivity index (χ1v) is 7.02. The molecule has 0 saturated carbocycles. The molecular formula is C15H13N7O2. The molecular weight excluding hydrogens is 310 g/mol. The Morgan fingerprint density at radius 1 is 1.08 bits per heavy atom. The van der Waals surface area contributed by atoms with E-state index in [1.807, 2.05) is 6.07 Å². The van der Waals surface area contributed by atoms with Crippen LogP contribution in [-0.2, 0) is 4.79 Å². The summed E-state index contributed by atoms with van der Waals surface area (Å²) in [5.41, 5.74) is 0.487. The molecule has 120 valence electrons. The molecule has 3 rings (SSSR count). The average molecular weight is 323 g/mol. The number of carbonyl (C=O) groups is 2. The van der Waals surface area contributed by atoms with Crippen LogP contribution in [0.15, 0.2) is 55.4 Å². The third-order valence-corrected chi connectivity index (χ3v) is 3.02. The number of carbonyl (C=O) groups excluding carboxylic acids is 2. The molecule has 0 aliphatic heterocycles. The van der Waals surface area contributed by atoms with Gasteiger partial charge in [0, 0.05) is 11.6 Å². The fourth-order valence-electron chi connectivity index (χ4n) is 1.91. The normalized spacial score (nSPS) is 10.2. The van der Waals surface area contributed by atoms with Crippen molar-refractivity contribution in [3.05, 3.63) is 60.9 Å². The third kappa shape index (κ3) is 3.77. The van der Waals surface area contributed by atoms with Crippen LogP contribution in [0.2, 0.25) is 0 Å². The van der Waals surface area contributed by atoms with Gasteiger partial charge in [-0.2, -0.15) is 5.10 Å². The van der Waals surface area contributed by atoms with E-state index in [2.05, 4.69) is 30.7 Å². The van der Waals surface area contributed by atoms with Crippen molar-refractivity contribution in [1.82, 2.24) is 30.0 Å². The first-order valence-electron chi connectivity index (χ1n) is 7.02. The smallest absolute Gasteiger partial charge is 0.251 e. The van der Waals surface area contributed by atoms with Crippen molar-refractivity contribution < 1.29 is 9.59 Å². The van der Waals surface area contributed by atoms with Gasteiger partial charge in [0.25, 0.3) is 5.91 Å². The summed E-state index contributed by atoms with van der Waals surface area (Å²) >= 11 is 0. The lowest BCUT2D eigenvalue weighted by Crippen LogP contribution is -2.33. The number of hydrogen-bond acceptors (Lipinski definition) is 6. The Bertz CT molecular complexity index is 834. The summed E-state index contributed by atoms with van der Waals surface area (Å²) in [6.07, 6.45) is 4.16. The highest BCUT2D eigenvalue weighted by Gasteiger charge is 2.09. The van der Waals surface area contributed by atoms with Crippen molar-refractivity contribution in [2.75, 3.05) is 11.9 Å². The number of benzene rings is 1. The Labute approximate surface area is 136 Å². The van der Waals surface area contributed by atoms with Crippen LogP contribution in [0.4, 0.5) is 5.82 Å². The molecule has 0 radical (unpaired) electrons. The molecule has 2 heterocycles. The monoisotopic (exact) mass is 323 g/mol. The first-order chi connectivity index (χ1) is 11.7. The maximum atomic E-state index is 11.9. The highest BCUT2D eigenvalue weighted by Crippen LogP contribution is 2.07. The van der Waals surface area contributed by atoms with Gasteiger partial charge in [0.05, 0.1) is 6.54 Å². The predicted molar refractivity (Wildman–Crippen MR) is 84.4 cm³/mol. The molecule has 9 nitrogen and oxygen atoms in total. The van der Waals surface area contributed by atoms with Crippen LogP contribution in [0.5, 0.6) is 0 Å². The molecule has 24 heavy (non-hydrogen) atoms. The molecule has 1 aromatic carbocycles. The van der Waals surface area contributed by atoms with Crippen molar-refractivity contribution in [3.63, 3.8) is 0 Å². The van der Waals surface area contributed by atoms with Gasteiger partial charge in [-0.3, -0.25) is 9.59 Å². The first kappa shape index (κ1) is 15.3. The fourth-order valence-corrected chi connectivity index (χ4v) is 1.91. The minimum Gasteiger partial charge on any atom is -0.343 e. The lowest BCUT2D eigenvalue weighted by Gasteiger charge is -2.07. The van der Waals surface area contributed by atoms with Crippen LogP contribution in [0, 0.1) is 0 Å². The van der Waals surface area contributed by atoms with E-state index in [1.54, 1.807) is 30.3 Å². The second-order valence-corrected chi connectivity index (χ2v) is 4.70. The molecule has 2 N–H and O–H groups in total. The van der Waals surface area contributed by atoms with Crippen LogP contribution >= 0.6 is 0 Å². The molecule has 2 amide bonds. The van der Waals surface area contributed by atoms with E-state index in [4.69, 9.17) is 0 Å². The van der Waals surface area contributed by atoms with E-state index in [-0.39, 0.29) is 12.5 Å². The summed E-state index contributed by atoms with van der Waals surface area (Å²) in [5.74, 6) is 0.0415. The quantitative estimate of drug-likeness (QED) is 0.703. The Kier molecular flexibility index (Phi) is 4.52. The predicted octanol–water partition coefficient (Wildman–Crippen LogP) is 0.426. The number of rotatable bonds is 5. The summed E-state index contributed by atoms with van der Waals surface area (Å²) in [4.78, 5) is 35.6. The van der Waals surface area contributed by atoms with Crippen LogP contribution < -0.4 is 10.6 Å². The van der Waals surface area contributed by atoms with Crippen molar-refractivity contribution >= 4 is 17.6 Å². The molecule has 0 bridgehead atoms. The molecule has 0 unspecified atom stereocenters. The zero-order valence-electron chi connectivity index (χ0n) is 12.5. The summed E-state index contributed by atoms with van der Waals surface area (Å²) < 4.78 is 1.44. The summed E-state index contributed by atoms with van der Waals surface area (Å²) in [6, 6.07) is 10.2. The topological polar surface area (TPSA) is 115 Å². The number of nitrogens with one attached hydrogen (secondary N) is 2. The zero-order chi connectivity index (χ0) is 16.8. The average Bonchev–Trinajstić information content (AvgIpc) is 3.15. The molecule has 0 spiro atoms. The third-order valence-electron chi connectivity index (χ3n) is 3.02. The minimum atomic E-state index is -0.400. The second kappa shape index (κ2) is 7.09. The summed E-state index contributed by atoms with van der Waals surface area (Å²) in [7, 11) is 0. The van der Waals surface area contributed by atoms with Crippen molar-refractivity contribution in [2.24, 2.45) is 0 Å². The van der Waals surface area contributed by atoms with Crippen LogP contribution in [0.3, 0.4) is 0 Å². The van der Waals surface area contributed by atoms with Gasteiger partial charge in [-0.05, 0) is 12.1 Å². The number of hydrogen-bond donors (Lipinski definition) is 2. The Hall–Kier alpha value is -3.62. The van der Waals surface area contributed by atoms with Gasteiger partial charge in [0.1, 0.15) is 24.8 Å². The lowest BCUT2D eigenvalue weighted by molar-refractivity contribution is -0.115. The van der Waals surface area contributed by atoms with Gasteiger partial charge in [-0.25, -0.2) is 19.6 Å². The largest absolute Gasteiger partial charge is 0.343 e. The Morgan fingerprint density at radius 2 is 1.92 bits per heavy atom. The highest BCUT2D eigenvalue weighted by molar-refractivity contribution is 5.99. The number of nitrogens with zero attached hydrogens (tertiary/aromatic N) is 5. The van der Waals surface area contributed by atoms with E-state index < -0.39 is 5.91 Å². The van der Waals surface area contributed by atoms with Gasteiger partial charge in [-0.1, -0.05) is 18.2 Å². The SMILES string of the molecule is O=C(CNC(=O)c1ccccc1)Nc1cc(-n2cncn2)ncn1. The van der Waals surface area contributed by atoms with Crippen molar-refractivity contribution in [1.29, 1.82) is 0 Å². The Morgan fingerprint density at radius 3 is 2.67 bits per heavy atom. The molecule has 9 heteroatoms. The van der Waals surface area contributed by atoms with Crippen LogP contribution in [0.1, 0.15) is 10.4 Å². The van der Waals surface area contributed by atoms with Gasteiger partial charge >= 0.3 is 0 Å². The zero-order valence-corrected chi connectivity index (χ0v) is 12.5. The molecule has 2 aromatic heterocycles. The van der Waals surface area contributed by atoms with Gasteiger partial charge in [-0.15, -0.1) is 0 Å². The number of anilines is 1. The van der Waals surface area contributed by atoms with E-state index in [9.17, 15) is 9.59 Å². The molecule has 0 aliphatic rings. The summed E-state index contributed by atoms with van der Waals surface area (Å²) in [5, 5.41) is 9.07. The molecule has 0 fully saturated rings. The molecule has 0 aliphatic carbocycles. The van der Waals surface area contributed by atoms with Crippen molar-refractivity contribution in [3.8, 4) is 5.82 Å². The van der Waals surface area contributed by atoms with Crippen LogP contribution in [0.25, 0.3) is 5.82 Å². The molecule has 0 saturated heterocycles. The van der Waals surface area contributed by atoms with Crippen molar-refractivity contribution in [2.45, 2.75) is 0 Å². The summed E-state index contributed by atoms with van der Waals surface area (Å²) in [6.45, 7) is -0.170. The number of aromatic nitrogens is 5. The van der Waals surface area contributed by atoms with Crippen LogP contribution in [-0.4, -0.2) is 43.1 Å². The van der Waals surface area contributed by atoms with Gasteiger partial charge < -0.3 is 10.6 Å². The fraction of sp³-hybridized carbons (Fsp3) is 0.0667. The van der Waals surface area contributed by atoms with E-state index in [0.717, 1.165) is 0 Å². The maximum absolute atomic E-state index is 11.9. The van der Waals surface area contributed by atoms with E-state index in [0.29, 0.717) is 17.2 Å². The standard InChI is InChI=1S/C15H13N7O2/c23-14(7-17-15(24)11-4-2-1-3-5-11)21-12-6-13(19-9-18-12)22-10-16-8-20-22/h1-6,8-10H,7H2,(H,17,24)(H,18,19,21,23). The molecule has 0 atom stereocenters.